The van der Waals surface area contributed by atoms with Gasteiger partial charge >= 0.3 is 0 Å². The molecule has 0 atom stereocenters. The Hall–Kier alpha value is -4.92. The lowest BCUT2D eigenvalue weighted by molar-refractivity contribution is 0.669. The summed E-state index contributed by atoms with van der Waals surface area (Å²) in [5, 5.41) is 4.86. The number of thiophene rings is 1. The Morgan fingerprint density at radius 2 is 0.875 bits per heavy atom. The number of furan rings is 1. The van der Waals surface area contributed by atoms with E-state index in [1.165, 1.54) is 53.9 Å². The fraction of sp³-hybridized carbons (Fsp3) is 0. The quantitative estimate of drug-likeness (QED) is 0.221. The molecule has 0 spiro atoms. The van der Waals surface area contributed by atoms with Gasteiger partial charge in [-0.25, -0.2) is 0 Å². The molecule has 0 fully saturated rings. The van der Waals surface area contributed by atoms with E-state index in [-0.39, 0.29) is 0 Å². The molecule has 40 heavy (non-hydrogen) atoms. The fourth-order valence-corrected chi connectivity index (χ4v) is 7.10. The molecule has 2 heteroatoms. The summed E-state index contributed by atoms with van der Waals surface area (Å²) in [5.41, 5.74) is 9.21. The van der Waals surface area contributed by atoms with E-state index in [1.54, 1.807) is 0 Å². The summed E-state index contributed by atoms with van der Waals surface area (Å²) in [6.07, 6.45) is 0. The third-order valence-corrected chi connectivity index (χ3v) is 9.02. The molecule has 0 N–H and O–H groups in total. The van der Waals surface area contributed by atoms with E-state index in [2.05, 4.69) is 146 Å². The van der Waals surface area contributed by atoms with Gasteiger partial charge in [-0.05, 0) is 58.1 Å². The van der Waals surface area contributed by atoms with E-state index in [4.69, 9.17) is 4.42 Å². The largest absolute Gasteiger partial charge is 0.456 e. The second-order valence-electron chi connectivity index (χ2n) is 10.1. The third-order valence-electron chi connectivity index (χ3n) is 7.72. The summed E-state index contributed by atoms with van der Waals surface area (Å²) in [4.78, 5) is 2.58. The van der Waals surface area contributed by atoms with Gasteiger partial charge in [0.15, 0.2) is 0 Å². The van der Waals surface area contributed by atoms with Gasteiger partial charge in [-0.15, -0.1) is 11.3 Å². The van der Waals surface area contributed by atoms with Gasteiger partial charge < -0.3 is 4.42 Å². The zero-order valence-electron chi connectivity index (χ0n) is 21.7. The molecule has 8 aromatic rings. The molecule has 8 rings (SSSR count). The molecule has 6 aromatic carbocycles. The Labute approximate surface area is 236 Å². The molecule has 0 unspecified atom stereocenters. The van der Waals surface area contributed by atoms with Crippen LogP contribution in [0.4, 0.5) is 0 Å². The van der Waals surface area contributed by atoms with Crippen molar-refractivity contribution in [2.75, 3.05) is 0 Å². The Morgan fingerprint density at radius 1 is 0.350 bits per heavy atom. The van der Waals surface area contributed by atoms with Crippen LogP contribution in [0, 0.1) is 0 Å². The summed E-state index contributed by atoms with van der Waals surface area (Å²) < 4.78 is 6.26. The highest BCUT2D eigenvalue weighted by atomic mass is 32.1. The minimum atomic E-state index is 0.916. The summed E-state index contributed by atoms with van der Waals surface area (Å²) in [5.74, 6) is 0. The second-order valence-corrected chi connectivity index (χ2v) is 11.1. The van der Waals surface area contributed by atoms with E-state index in [0.717, 1.165) is 21.9 Å². The summed E-state index contributed by atoms with van der Waals surface area (Å²) in [7, 11) is 0. The number of hydrogen-bond acceptors (Lipinski definition) is 2. The maximum atomic E-state index is 6.26. The van der Waals surface area contributed by atoms with Crippen LogP contribution in [0.25, 0.3) is 75.8 Å². The molecular formula is C38H24OS. The highest BCUT2D eigenvalue weighted by molar-refractivity contribution is 7.21. The second kappa shape index (κ2) is 9.37. The van der Waals surface area contributed by atoms with Gasteiger partial charge in [0.1, 0.15) is 11.2 Å². The first-order valence-electron chi connectivity index (χ1n) is 13.5. The zero-order chi connectivity index (χ0) is 26.5. The van der Waals surface area contributed by atoms with Gasteiger partial charge in [-0.2, -0.15) is 0 Å². The number of rotatable bonds is 4. The Kier molecular flexibility index (Phi) is 5.39. The SMILES string of the molecule is c1ccc(-c2ccc3oc4ccc(-c5sc(-c6ccccc6-c6ccccc6)c6ccccc56)cc4c3c2)cc1. The van der Waals surface area contributed by atoms with Crippen LogP contribution in [0.15, 0.2) is 150 Å². The minimum absolute atomic E-state index is 0.916. The van der Waals surface area contributed by atoms with Crippen molar-refractivity contribution in [3.8, 4) is 43.1 Å². The number of fused-ring (bicyclic) bond motifs is 4. The normalized spacial score (nSPS) is 11.5. The van der Waals surface area contributed by atoms with Gasteiger partial charge in [0.05, 0.1) is 0 Å². The lowest BCUT2D eigenvalue weighted by atomic mass is 9.96. The van der Waals surface area contributed by atoms with Crippen molar-refractivity contribution < 1.29 is 4.42 Å². The molecule has 0 saturated heterocycles. The molecule has 2 aromatic heterocycles. The van der Waals surface area contributed by atoms with Crippen LogP contribution in [-0.2, 0) is 0 Å². The summed E-state index contributed by atoms with van der Waals surface area (Å²) in [6, 6.07) is 51.9. The van der Waals surface area contributed by atoms with E-state index in [0.29, 0.717) is 0 Å². The maximum Gasteiger partial charge on any atom is 0.135 e. The van der Waals surface area contributed by atoms with Gasteiger partial charge in [0, 0.05) is 36.9 Å². The molecule has 0 amide bonds. The fourth-order valence-electron chi connectivity index (χ4n) is 5.78. The third kappa shape index (κ3) is 3.77. The van der Waals surface area contributed by atoms with Crippen LogP contribution >= 0.6 is 11.3 Å². The molecule has 0 bridgehead atoms. The Balaban J connectivity index is 1.32. The van der Waals surface area contributed by atoms with Gasteiger partial charge in [0.2, 0.25) is 0 Å². The van der Waals surface area contributed by atoms with Crippen LogP contribution in [0.1, 0.15) is 0 Å². The minimum Gasteiger partial charge on any atom is -0.456 e. The van der Waals surface area contributed by atoms with Crippen molar-refractivity contribution >= 4 is 44.0 Å². The molecule has 0 aliphatic heterocycles. The van der Waals surface area contributed by atoms with E-state index in [9.17, 15) is 0 Å². The van der Waals surface area contributed by atoms with E-state index >= 15 is 0 Å². The first-order valence-corrected chi connectivity index (χ1v) is 14.3. The van der Waals surface area contributed by atoms with Crippen molar-refractivity contribution in [3.05, 3.63) is 146 Å². The van der Waals surface area contributed by atoms with Crippen LogP contribution in [0.2, 0.25) is 0 Å². The Morgan fingerprint density at radius 3 is 1.57 bits per heavy atom. The molecule has 2 heterocycles. The van der Waals surface area contributed by atoms with Gasteiger partial charge in [-0.3, -0.25) is 0 Å². The van der Waals surface area contributed by atoms with Crippen molar-refractivity contribution in [2.45, 2.75) is 0 Å². The van der Waals surface area contributed by atoms with Crippen LogP contribution in [-0.4, -0.2) is 0 Å². The summed E-state index contributed by atoms with van der Waals surface area (Å²) >= 11 is 1.87. The van der Waals surface area contributed by atoms with Crippen molar-refractivity contribution in [1.82, 2.24) is 0 Å². The number of hydrogen-bond donors (Lipinski definition) is 0. The predicted molar refractivity (Wildman–Crippen MR) is 171 cm³/mol. The first kappa shape index (κ1) is 23.0. The van der Waals surface area contributed by atoms with Crippen LogP contribution in [0.5, 0.6) is 0 Å². The topological polar surface area (TPSA) is 13.1 Å². The highest BCUT2D eigenvalue weighted by Gasteiger charge is 2.18. The first-order chi connectivity index (χ1) is 19.8. The molecule has 0 aliphatic carbocycles. The monoisotopic (exact) mass is 528 g/mol. The van der Waals surface area contributed by atoms with Crippen LogP contribution in [0.3, 0.4) is 0 Å². The maximum absolute atomic E-state index is 6.26. The van der Waals surface area contributed by atoms with Crippen molar-refractivity contribution in [1.29, 1.82) is 0 Å². The zero-order valence-corrected chi connectivity index (χ0v) is 22.5. The highest BCUT2D eigenvalue weighted by Crippen LogP contribution is 2.47. The molecule has 188 valence electrons. The van der Waals surface area contributed by atoms with Crippen LogP contribution < -0.4 is 0 Å². The van der Waals surface area contributed by atoms with Gasteiger partial charge in [-0.1, -0.05) is 115 Å². The van der Waals surface area contributed by atoms with Gasteiger partial charge in [0.25, 0.3) is 0 Å². The molecular weight excluding hydrogens is 504 g/mol. The van der Waals surface area contributed by atoms with E-state index in [1.807, 2.05) is 11.3 Å². The average molecular weight is 529 g/mol. The van der Waals surface area contributed by atoms with E-state index < -0.39 is 0 Å². The molecule has 0 aliphatic rings. The number of benzene rings is 6. The Bertz CT molecular complexity index is 2150. The lowest BCUT2D eigenvalue weighted by Gasteiger charge is -2.09. The van der Waals surface area contributed by atoms with Crippen molar-refractivity contribution in [2.24, 2.45) is 0 Å². The molecule has 0 radical (unpaired) electrons. The predicted octanol–water partition coefficient (Wildman–Crippen LogP) is 11.5. The standard InChI is InChI=1S/C38H24OS/c1-3-11-25(12-4-1)27-19-21-35-33(23-27)34-24-28(20-22-36(34)39-35)37-31-17-9-10-18-32(31)38(40-37)30-16-8-7-15-29(30)26-13-5-2-6-14-26/h1-24H. The molecule has 0 saturated carbocycles. The summed E-state index contributed by atoms with van der Waals surface area (Å²) in [6.45, 7) is 0. The van der Waals surface area contributed by atoms with Crippen molar-refractivity contribution in [3.63, 3.8) is 0 Å². The lowest BCUT2D eigenvalue weighted by Crippen LogP contribution is -1.82. The smallest absolute Gasteiger partial charge is 0.135 e. The molecule has 1 nitrogen and oxygen atoms in total. The average Bonchev–Trinajstić information content (AvgIpc) is 3.60.